The van der Waals surface area contributed by atoms with Crippen LogP contribution in [0.25, 0.3) is 0 Å². The minimum absolute atomic E-state index is 0.141. The van der Waals surface area contributed by atoms with Gasteiger partial charge in [-0.15, -0.1) is 0 Å². The van der Waals surface area contributed by atoms with Crippen LogP contribution in [0.5, 0.6) is 5.75 Å². The van der Waals surface area contributed by atoms with Crippen LogP contribution in [0.15, 0.2) is 72.8 Å². The van der Waals surface area contributed by atoms with Crippen molar-refractivity contribution < 1.29 is 19.1 Å². The molecule has 182 valence electrons. The van der Waals surface area contributed by atoms with Crippen molar-refractivity contribution in [3.63, 3.8) is 0 Å². The van der Waals surface area contributed by atoms with Crippen molar-refractivity contribution in [3.05, 3.63) is 88.9 Å². The maximum absolute atomic E-state index is 13.6. The van der Waals surface area contributed by atoms with Crippen molar-refractivity contribution in [2.45, 2.75) is 18.8 Å². The van der Waals surface area contributed by atoms with E-state index in [-0.39, 0.29) is 41.4 Å². The summed E-state index contributed by atoms with van der Waals surface area (Å²) >= 11 is 6.08. The maximum atomic E-state index is 13.6. The monoisotopic (exact) mass is 500 g/mol. The molecule has 3 aliphatic rings. The van der Waals surface area contributed by atoms with Crippen molar-refractivity contribution in [2.75, 3.05) is 17.3 Å². The van der Waals surface area contributed by atoms with E-state index in [1.165, 1.54) is 17.6 Å². The Kier molecular flexibility index (Phi) is 5.56. The summed E-state index contributed by atoms with van der Waals surface area (Å²) in [6, 6.07) is 21.9. The minimum atomic E-state index is -0.388. The van der Waals surface area contributed by atoms with Gasteiger partial charge in [0.25, 0.3) is 5.91 Å². The lowest BCUT2D eigenvalue weighted by molar-refractivity contribution is -0.123. The van der Waals surface area contributed by atoms with Gasteiger partial charge in [0.05, 0.1) is 30.3 Å². The zero-order valence-corrected chi connectivity index (χ0v) is 20.4. The standard InChI is InChI=1S/C29H25ClN2O4/c1-36-24-11-10-19(30)15-23(24)31-27(33)17-8-5-9-20(12-17)32-28(34)25-18-13-21(16-6-3-2-4-7-16)22(14-18)26(25)29(32)35/h2-12,15,18,21-22,25-26H,13-14H2,1H3,(H,31,33)/t18-,21-,22+,25+,26-/m0/s1. The summed E-state index contributed by atoms with van der Waals surface area (Å²) in [5.41, 5.74) is 2.45. The average molecular weight is 501 g/mol. The zero-order chi connectivity index (χ0) is 25.0. The summed E-state index contributed by atoms with van der Waals surface area (Å²) in [5.74, 6) is -0.0698. The third kappa shape index (κ3) is 3.59. The highest BCUT2D eigenvalue weighted by Crippen LogP contribution is 2.61. The summed E-state index contributed by atoms with van der Waals surface area (Å²) in [7, 11) is 1.51. The number of halogens is 1. The first-order valence-corrected chi connectivity index (χ1v) is 12.5. The number of amides is 3. The number of anilines is 2. The van der Waals surface area contributed by atoms with Crippen molar-refractivity contribution >= 4 is 40.7 Å². The first-order valence-electron chi connectivity index (χ1n) is 12.1. The Balaban J connectivity index is 1.26. The van der Waals surface area contributed by atoms with Gasteiger partial charge in [0.1, 0.15) is 5.75 Å². The highest BCUT2D eigenvalue weighted by atomic mass is 35.5. The number of rotatable bonds is 5. The Morgan fingerprint density at radius 1 is 0.944 bits per heavy atom. The van der Waals surface area contributed by atoms with E-state index in [1.54, 1.807) is 42.5 Å². The Bertz CT molecular complexity index is 1370. The molecule has 0 spiro atoms. The minimum Gasteiger partial charge on any atom is -0.495 e. The van der Waals surface area contributed by atoms with Crippen molar-refractivity contribution in [1.29, 1.82) is 0 Å². The number of hydrogen-bond acceptors (Lipinski definition) is 4. The van der Waals surface area contributed by atoms with E-state index in [2.05, 4.69) is 17.4 Å². The first-order chi connectivity index (χ1) is 17.5. The topological polar surface area (TPSA) is 75.7 Å². The number of carbonyl (C=O) groups excluding carboxylic acids is 3. The lowest BCUT2D eigenvalue weighted by Crippen LogP contribution is -2.33. The fraction of sp³-hybridized carbons (Fsp3) is 0.276. The van der Waals surface area contributed by atoms with Gasteiger partial charge in [-0.2, -0.15) is 0 Å². The molecule has 0 radical (unpaired) electrons. The van der Waals surface area contributed by atoms with E-state index in [0.717, 1.165) is 12.8 Å². The summed E-state index contributed by atoms with van der Waals surface area (Å²) in [5, 5.41) is 3.27. The highest BCUT2D eigenvalue weighted by molar-refractivity contribution is 6.31. The average Bonchev–Trinajstić information content (AvgIpc) is 3.56. The summed E-state index contributed by atoms with van der Waals surface area (Å²) in [6.45, 7) is 0. The molecule has 3 aromatic rings. The number of nitrogens with zero attached hydrogens (tertiary/aromatic N) is 1. The van der Waals surface area contributed by atoms with Gasteiger partial charge < -0.3 is 10.1 Å². The van der Waals surface area contributed by atoms with Gasteiger partial charge in [0.2, 0.25) is 11.8 Å². The van der Waals surface area contributed by atoms with Crippen LogP contribution >= 0.6 is 11.6 Å². The summed E-state index contributed by atoms with van der Waals surface area (Å²) in [4.78, 5) is 41.5. The van der Waals surface area contributed by atoms with E-state index in [1.807, 2.05) is 18.2 Å². The number of nitrogens with one attached hydrogen (secondary N) is 1. The number of methoxy groups -OCH3 is 1. The molecule has 3 aromatic carbocycles. The number of carbonyl (C=O) groups is 3. The van der Waals surface area contributed by atoms with Crippen LogP contribution < -0.4 is 15.0 Å². The molecule has 3 amide bonds. The van der Waals surface area contributed by atoms with Crippen LogP contribution in [0.3, 0.4) is 0 Å². The molecule has 6 rings (SSSR count). The quantitative estimate of drug-likeness (QED) is 0.467. The Morgan fingerprint density at radius 3 is 2.50 bits per heavy atom. The van der Waals surface area contributed by atoms with Gasteiger partial charge in [-0.05, 0) is 72.6 Å². The maximum Gasteiger partial charge on any atom is 0.255 e. The van der Waals surface area contributed by atoms with Crippen molar-refractivity contribution in [3.8, 4) is 5.75 Å². The smallest absolute Gasteiger partial charge is 0.255 e. The molecule has 0 unspecified atom stereocenters. The third-order valence-electron chi connectivity index (χ3n) is 8.02. The lowest BCUT2D eigenvalue weighted by Gasteiger charge is -2.28. The molecule has 1 aliphatic heterocycles. The van der Waals surface area contributed by atoms with E-state index < -0.39 is 0 Å². The molecule has 2 bridgehead atoms. The second kappa shape index (κ2) is 8.79. The molecule has 7 heteroatoms. The van der Waals surface area contributed by atoms with Crippen LogP contribution in [-0.2, 0) is 9.59 Å². The number of fused-ring (bicyclic) bond motifs is 5. The van der Waals surface area contributed by atoms with Crippen LogP contribution in [-0.4, -0.2) is 24.8 Å². The fourth-order valence-electron chi connectivity index (χ4n) is 6.56. The van der Waals surface area contributed by atoms with Gasteiger partial charge in [-0.25, -0.2) is 0 Å². The summed E-state index contributed by atoms with van der Waals surface area (Å²) in [6.07, 6.45) is 1.86. The van der Waals surface area contributed by atoms with Gasteiger partial charge in [-0.3, -0.25) is 19.3 Å². The Morgan fingerprint density at radius 2 is 1.72 bits per heavy atom. The molecule has 1 N–H and O–H groups in total. The first kappa shape index (κ1) is 22.8. The number of imide groups is 1. The number of ether oxygens (including phenoxy) is 1. The Hall–Kier alpha value is -3.64. The molecule has 2 saturated carbocycles. The van der Waals surface area contributed by atoms with Crippen LogP contribution in [0.4, 0.5) is 11.4 Å². The molecule has 0 aromatic heterocycles. The zero-order valence-electron chi connectivity index (χ0n) is 19.7. The molecule has 1 heterocycles. The molecular formula is C29H25ClN2O4. The molecule has 36 heavy (non-hydrogen) atoms. The lowest BCUT2D eigenvalue weighted by atomic mass is 9.73. The number of hydrogen-bond donors (Lipinski definition) is 1. The number of benzene rings is 3. The second-order valence-corrected chi connectivity index (χ2v) is 10.3. The van der Waals surface area contributed by atoms with E-state index >= 15 is 0 Å². The second-order valence-electron chi connectivity index (χ2n) is 9.83. The molecule has 1 saturated heterocycles. The van der Waals surface area contributed by atoms with Crippen LogP contribution in [0.2, 0.25) is 5.02 Å². The molecular weight excluding hydrogens is 476 g/mol. The van der Waals surface area contributed by atoms with Gasteiger partial charge in [0.15, 0.2) is 0 Å². The van der Waals surface area contributed by atoms with Gasteiger partial charge >= 0.3 is 0 Å². The van der Waals surface area contributed by atoms with Crippen molar-refractivity contribution in [2.24, 2.45) is 23.7 Å². The van der Waals surface area contributed by atoms with Gasteiger partial charge in [0, 0.05) is 10.6 Å². The predicted molar refractivity (Wildman–Crippen MR) is 137 cm³/mol. The predicted octanol–water partition coefficient (Wildman–Crippen LogP) is 5.53. The summed E-state index contributed by atoms with van der Waals surface area (Å²) < 4.78 is 5.31. The SMILES string of the molecule is COc1ccc(Cl)cc1NC(=O)c1cccc(N2C(=O)[C@@H]3[C@@H]4C[C@@H]([C@@H]3C2=O)[C@H](c2ccccc2)C4)c1. The van der Waals surface area contributed by atoms with E-state index in [9.17, 15) is 14.4 Å². The molecule has 6 nitrogen and oxygen atoms in total. The van der Waals surface area contributed by atoms with Gasteiger partial charge in [-0.1, -0.05) is 48.0 Å². The van der Waals surface area contributed by atoms with E-state index in [4.69, 9.17) is 16.3 Å². The van der Waals surface area contributed by atoms with Crippen LogP contribution in [0.1, 0.15) is 34.7 Å². The highest BCUT2D eigenvalue weighted by Gasteiger charge is 2.64. The Labute approximate surface area is 214 Å². The van der Waals surface area contributed by atoms with Crippen molar-refractivity contribution in [1.82, 2.24) is 0 Å². The largest absolute Gasteiger partial charge is 0.495 e. The molecule has 3 fully saturated rings. The molecule has 2 aliphatic carbocycles. The fourth-order valence-corrected chi connectivity index (χ4v) is 6.73. The molecule has 5 atom stereocenters. The van der Waals surface area contributed by atoms with E-state index in [0.29, 0.717) is 33.6 Å². The third-order valence-corrected chi connectivity index (χ3v) is 8.25. The normalized spacial score (nSPS) is 26.3. The van der Waals surface area contributed by atoms with Crippen LogP contribution in [0, 0.1) is 23.7 Å².